The van der Waals surface area contributed by atoms with Crippen LogP contribution in [-0.2, 0) is 6.54 Å². The molecule has 0 N–H and O–H groups in total. The number of halogens is 1. The van der Waals surface area contributed by atoms with E-state index in [1.807, 2.05) is 24.3 Å². The molecule has 2 aromatic heterocycles. The van der Waals surface area contributed by atoms with E-state index < -0.39 is 11.2 Å². The third-order valence-corrected chi connectivity index (χ3v) is 4.65. The molecule has 0 radical (unpaired) electrons. The molecule has 0 saturated heterocycles. The van der Waals surface area contributed by atoms with Crippen LogP contribution in [0.5, 0.6) is 0 Å². The normalized spacial score (nSPS) is 10.8. The van der Waals surface area contributed by atoms with Crippen LogP contribution in [0.25, 0.3) is 10.2 Å². The molecule has 0 bridgehead atoms. The van der Waals surface area contributed by atoms with Gasteiger partial charge in [-0.25, -0.2) is 4.79 Å². The first kappa shape index (κ1) is 15.8. The zero-order chi connectivity index (χ0) is 16.4. The van der Waals surface area contributed by atoms with Gasteiger partial charge in [-0.2, -0.15) is 0 Å². The van der Waals surface area contributed by atoms with E-state index in [4.69, 9.17) is 4.84 Å². The summed E-state index contributed by atoms with van der Waals surface area (Å²) in [5.74, 6) is 0. The van der Waals surface area contributed by atoms with Gasteiger partial charge < -0.3 is 4.84 Å². The average molecular weight is 393 g/mol. The van der Waals surface area contributed by atoms with Gasteiger partial charge in [0.05, 0.1) is 12.1 Å². The Kier molecular flexibility index (Phi) is 4.49. The Labute approximate surface area is 144 Å². The van der Waals surface area contributed by atoms with Crippen LogP contribution in [0, 0.1) is 0 Å². The summed E-state index contributed by atoms with van der Waals surface area (Å²) in [5.41, 5.74) is 0.626. The highest BCUT2D eigenvalue weighted by atomic mass is 79.9. The van der Waals surface area contributed by atoms with Crippen molar-refractivity contribution in [2.75, 3.05) is 6.61 Å². The molecule has 3 rings (SSSR count). The summed E-state index contributed by atoms with van der Waals surface area (Å²) in [7, 11) is 0. The molecule has 0 unspecified atom stereocenters. The zero-order valence-corrected chi connectivity index (χ0v) is 14.5. The van der Waals surface area contributed by atoms with Gasteiger partial charge in [0.25, 0.3) is 0 Å². The number of nitrogens with zero attached hydrogens (tertiary/aromatic N) is 2. The fourth-order valence-electron chi connectivity index (χ4n) is 2.28. The molecule has 0 spiro atoms. The van der Waals surface area contributed by atoms with Crippen molar-refractivity contribution < 1.29 is 4.84 Å². The number of benzene rings is 1. The highest BCUT2D eigenvalue weighted by Crippen LogP contribution is 2.17. The summed E-state index contributed by atoms with van der Waals surface area (Å²) in [4.78, 5) is 30.3. The number of aromatic nitrogens is 2. The van der Waals surface area contributed by atoms with Gasteiger partial charge in [-0.3, -0.25) is 9.36 Å². The van der Waals surface area contributed by atoms with Crippen LogP contribution in [0.4, 0.5) is 0 Å². The molecule has 0 aliphatic rings. The Balaban J connectivity index is 2.19. The lowest BCUT2D eigenvalue weighted by atomic mass is 10.2. The summed E-state index contributed by atoms with van der Waals surface area (Å²) < 4.78 is 3.76. The minimum Gasteiger partial charge on any atom is -0.402 e. The lowest BCUT2D eigenvalue weighted by Gasteiger charge is -2.12. The first-order valence-electron chi connectivity index (χ1n) is 6.83. The van der Waals surface area contributed by atoms with Crippen molar-refractivity contribution in [3.63, 3.8) is 0 Å². The lowest BCUT2D eigenvalue weighted by molar-refractivity contribution is 0.113. The summed E-state index contributed by atoms with van der Waals surface area (Å²) in [6.07, 6.45) is 1.49. The fourth-order valence-corrected chi connectivity index (χ4v) is 3.54. The van der Waals surface area contributed by atoms with E-state index in [0.29, 0.717) is 16.8 Å². The van der Waals surface area contributed by atoms with E-state index in [0.717, 1.165) is 14.8 Å². The van der Waals surface area contributed by atoms with Gasteiger partial charge in [0.1, 0.15) is 11.3 Å². The van der Waals surface area contributed by atoms with Crippen molar-refractivity contribution in [2.45, 2.75) is 6.54 Å². The third-order valence-electron chi connectivity index (χ3n) is 3.27. The van der Waals surface area contributed by atoms with Gasteiger partial charge >= 0.3 is 11.2 Å². The minimum atomic E-state index is -0.497. The van der Waals surface area contributed by atoms with E-state index in [1.54, 1.807) is 11.4 Å². The smallest absolute Gasteiger partial charge is 0.365 e. The van der Waals surface area contributed by atoms with Gasteiger partial charge in [-0.05, 0) is 29.1 Å². The van der Waals surface area contributed by atoms with E-state index in [9.17, 15) is 9.59 Å². The number of hydrogen-bond acceptors (Lipinski definition) is 4. The lowest BCUT2D eigenvalue weighted by Crippen LogP contribution is -2.43. The molecule has 0 amide bonds. The second-order valence-corrected chi connectivity index (χ2v) is 6.65. The molecule has 3 aromatic rings. The minimum absolute atomic E-state index is 0.0862. The molecule has 0 saturated carbocycles. The Bertz CT molecular complexity index is 987. The van der Waals surface area contributed by atoms with Crippen molar-refractivity contribution in [3.05, 3.63) is 79.2 Å². The molecular formula is C16H13BrN2O3S. The largest absolute Gasteiger partial charge is 0.402 e. The van der Waals surface area contributed by atoms with Gasteiger partial charge in [0, 0.05) is 4.47 Å². The van der Waals surface area contributed by atoms with Crippen LogP contribution in [0.2, 0.25) is 0 Å². The van der Waals surface area contributed by atoms with E-state index in [1.165, 1.54) is 22.0 Å². The number of thiophene rings is 1. The summed E-state index contributed by atoms with van der Waals surface area (Å²) >= 11 is 4.71. The van der Waals surface area contributed by atoms with Crippen LogP contribution in [0.1, 0.15) is 5.56 Å². The van der Waals surface area contributed by atoms with E-state index >= 15 is 0 Å². The van der Waals surface area contributed by atoms with Crippen molar-refractivity contribution in [1.82, 2.24) is 9.30 Å². The molecule has 118 valence electrons. The van der Waals surface area contributed by atoms with Crippen molar-refractivity contribution in [3.8, 4) is 0 Å². The van der Waals surface area contributed by atoms with Crippen molar-refractivity contribution in [2.24, 2.45) is 0 Å². The second-order valence-electron chi connectivity index (χ2n) is 4.82. The fraction of sp³-hybridized carbons (Fsp3) is 0.125. The van der Waals surface area contributed by atoms with Crippen LogP contribution in [0.3, 0.4) is 0 Å². The Morgan fingerprint density at radius 3 is 2.87 bits per heavy atom. The molecule has 23 heavy (non-hydrogen) atoms. The Morgan fingerprint density at radius 2 is 2.13 bits per heavy atom. The molecule has 2 heterocycles. The highest BCUT2D eigenvalue weighted by molar-refractivity contribution is 9.10. The van der Waals surface area contributed by atoms with Crippen LogP contribution < -0.4 is 16.1 Å². The molecule has 0 aliphatic heterocycles. The predicted octanol–water partition coefficient (Wildman–Crippen LogP) is 2.65. The molecular weight excluding hydrogens is 380 g/mol. The first-order valence-corrected chi connectivity index (χ1v) is 8.51. The van der Waals surface area contributed by atoms with E-state index in [2.05, 4.69) is 22.5 Å². The molecule has 0 aliphatic carbocycles. The van der Waals surface area contributed by atoms with Crippen LogP contribution in [-0.4, -0.2) is 15.9 Å². The average Bonchev–Trinajstić information content (AvgIpc) is 3.01. The quantitative estimate of drug-likeness (QED) is 0.627. The van der Waals surface area contributed by atoms with Crippen LogP contribution >= 0.6 is 27.3 Å². The molecule has 5 nitrogen and oxygen atoms in total. The number of hydrogen-bond donors (Lipinski definition) is 0. The van der Waals surface area contributed by atoms with Gasteiger partial charge in [0.15, 0.2) is 0 Å². The molecule has 0 fully saturated rings. The Morgan fingerprint density at radius 1 is 1.30 bits per heavy atom. The monoisotopic (exact) mass is 392 g/mol. The summed E-state index contributed by atoms with van der Waals surface area (Å²) in [5, 5.41) is 1.79. The maximum absolute atomic E-state index is 12.7. The SMILES string of the molecule is C=CCOn1c(=O)c2sccc2n(Cc2cccc(Br)c2)c1=O. The Hall–Kier alpha value is -2.12. The van der Waals surface area contributed by atoms with Gasteiger partial charge in [-0.15, -0.1) is 11.3 Å². The molecule has 1 aromatic carbocycles. The standard InChI is InChI=1S/C16H13BrN2O3S/c1-2-7-22-19-15(20)14-13(6-8-23-14)18(16(19)21)10-11-4-3-5-12(17)9-11/h2-6,8-9H,1,7,10H2. The number of rotatable bonds is 5. The number of fused-ring (bicyclic) bond motifs is 1. The summed E-state index contributed by atoms with van der Waals surface area (Å²) in [6.45, 7) is 3.97. The maximum Gasteiger partial charge on any atom is 0.365 e. The molecule has 0 atom stereocenters. The van der Waals surface area contributed by atoms with Gasteiger partial charge in [-0.1, -0.05) is 45.4 Å². The highest BCUT2D eigenvalue weighted by Gasteiger charge is 2.15. The predicted molar refractivity (Wildman–Crippen MR) is 95.2 cm³/mol. The summed E-state index contributed by atoms with van der Waals surface area (Å²) in [6, 6.07) is 9.46. The van der Waals surface area contributed by atoms with Gasteiger partial charge in [0.2, 0.25) is 0 Å². The first-order chi connectivity index (χ1) is 11.1. The zero-order valence-electron chi connectivity index (χ0n) is 12.1. The van der Waals surface area contributed by atoms with E-state index in [-0.39, 0.29) is 6.61 Å². The third kappa shape index (κ3) is 3.02. The maximum atomic E-state index is 12.7. The second kappa shape index (κ2) is 6.55. The van der Waals surface area contributed by atoms with Crippen LogP contribution in [0.15, 0.2) is 62.4 Å². The molecule has 7 heteroatoms. The topological polar surface area (TPSA) is 53.2 Å². The van der Waals surface area contributed by atoms with Crippen molar-refractivity contribution >= 4 is 37.5 Å². The van der Waals surface area contributed by atoms with Crippen molar-refractivity contribution in [1.29, 1.82) is 0 Å².